The Labute approximate surface area is 616 Å². The van der Waals surface area contributed by atoms with E-state index in [1.54, 1.807) is 0 Å². The summed E-state index contributed by atoms with van der Waals surface area (Å²) in [5.74, 6) is -2.36. The van der Waals surface area contributed by atoms with Gasteiger partial charge in [0.05, 0.1) is 26.4 Å². The van der Waals surface area contributed by atoms with Crippen molar-refractivity contribution in [1.29, 1.82) is 0 Å². The van der Waals surface area contributed by atoms with E-state index in [-0.39, 0.29) is 25.7 Å². The van der Waals surface area contributed by atoms with Gasteiger partial charge in [0.1, 0.15) is 19.3 Å². The third kappa shape index (κ3) is 72.8. The first-order valence-electron chi connectivity index (χ1n) is 38.4. The first-order valence-corrected chi connectivity index (χ1v) is 41.4. The molecule has 0 heterocycles. The lowest BCUT2D eigenvalue weighted by molar-refractivity contribution is -0.161. The number of hydrogen-bond donors (Lipinski definition) is 3. The van der Waals surface area contributed by atoms with Crippen LogP contribution in [0.15, 0.2) is 170 Å². The Hall–Kier alpha value is -5.58. The fraction of sp³-hybridized carbons (Fsp3) is 0.614. The highest BCUT2D eigenvalue weighted by Gasteiger charge is 2.30. The number of aliphatic hydroxyl groups is 1. The van der Waals surface area contributed by atoms with Gasteiger partial charge in [0, 0.05) is 25.7 Å². The van der Waals surface area contributed by atoms with Crippen molar-refractivity contribution in [3.63, 3.8) is 0 Å². The largest absolute Gasteiger partial charge is 0.472 e. The summed E-state index contributed by atoms with van der Waals surface area (Å²) >= 11 is 0. The molecule has 0 amide bonds. The van der Waals surface area contributed by atoms with Crippen LogP contribution < -0.4 is 0 Å². The highest BCUT2D eigenvalue weighted by molar-refractivity contribution is 7.47. The van der Waals surface area contributed by atoms with E-state index in [0.29, 0.717) is 32.1 Å². The van der Waals surface area contributed by atoms with E-state index in [4.69, 9.17) is 37.0 Å². The first-order chi connectivity index (χ1) is 49.7. The topological polar surface area (TPSA) is 237 Å². The number of aliphatic hydroxyl groups excluding tert-OH is 1. The zero-order valence-corrected chi connectivity index (χ0v) is 64.8. The molecule has 0 aliphatic carbocycles. The van der Waals surface area contributed by atoms with Gasteiger partial charge in [-0.25, -0.2) is 9.13 Å². The van der Waals surface area contributed by atoms with Crippen molar-refractivity contribution < 1.29 is 80.2 Å². The third-order valence-electron chi connectivity index (χ3n) is 15.2. The van der Waals surface area contributed by atoms with Crippen molar-refractivity contribution in [2.24, 2.45) is 0 Å². The highest BCUT2D eigenvalue weighted by Crippen LogP contribution is 2.45. The molecule has 0 spiro atoms. The molecule has 578 valence electrons. The molecule has 0 saturated carbocycles. The maximum Gasteiger partial charge on any atom is 0.472 e. The first kappa shape index (κ1) is 96.4. The molecule has 0 aromatic carbocycles. The predicted octanol–water partition coefficient (Wildman–Crippen LogP) is 22.2. The number of carbonyl (C=O) groups is 4. The maximum atomic E-state index is 13.1. The Morgan fingerprint density at radius 1 is 0.284 bits per heavy atom. The number of allylic oxidation sites excluding steroid dienone is 28. The lowest BCUT2D eigenvalue weighted by atomic mass is 10.1. The molecule has 102 heavy (non-hydrogen) atoms. The van der Waals surface area contributed by atoms with Gasteiger partial charge in [-0.2, -0.15) is 0 Å². The van der Waals surface area contributed by atoms with Crippen LogP contribution in [0.25, 0.3) is 0 Å². The average Bonchev–Trinajstić information content (AvgIpc) is 0.921. The number of rotatable bonds is 70. The molecule has 0 radical (unpaired) electrons. The maximum absolute atomic E-state index is 13.1. The predicted molar refractivity (Wildman–Crippen MR) is 417 cm³/mol. The normalized spacial score (nSPS) is 14.9. The average molecular weight is 1470 g/mol. The lowest BCUT2D eigenvalue weighted by Crippen LogP contribution is -2.30. The Morgan fingerprint density at radius 2 is 0.529 bits per heavy atom. The zero-order chi connectivity index (χ0) is 74.6. The van der Waals surface area contributed by atoms with E-state index in [9.17, 15) is 43.2 Å². The summed E-state index contributed by atoms with van der Waals surface area (Å²) in [4.78, 5) is 72.8. The van der Waals surface area contributed by atoms with E-state index in [0.717, 1.165) is 148 Å². The Balaban J connectivity index is 5.48. The number of hydrogen-bond acceptors (Lipinski definition) is 15. The van der Waals surface area contributed by atoms with Gasteiger partial charge in [-0.05, 0) is 141 Å². The van der Waals surface area contributed by atoms with Gasteiger partial charge in [-0.1, -0.05) is 275 Å². The quantitative estimate of drug-likeness (QED) is 0.0169. The van der Waals surface area contributed by atoms with Crippen LogP contribution in [0.3, 0.4) is 0 Å². The van der Waals surface area contributed by atoms with E-state index in [2.05, 4.69) is 180 Å². The number of phosphoric ester groups is 2. The molecule has 0 fully saturated rings. The molecule has 19 heteroatoms. The highest BCUT2D eigenvalue weighted by atomic mass is 31.2. The monoisotopic (exact) mass is 1460 g/mol. The van der Waals surface area contributed by atoms with E-state index in [1.165, 1.54) is 38.5 Å². The van der Waals surface area contributed by atoms with Crippen molar-refractivity contribution in [3.05, 3.63) is 170 Å². The standard InChI is InChI=1S/C83H134O17P2/c1-5-9-13-17-21-25-29-32-35-37-38-40-42-45-49-52-56-60-64-68-81(86)94-74-79(100-83(88)70-66-62-58-54-50-46-43-39-36-33-30-26-22-18-14-10-6-2)76-98-102(91,92)96-72-77(84)71-95-101(89,90)97-75-78(99-82(87)69-65-61-57-53-47-28-24-20-16-12-8-4)73-93-80(85)67-63-59-55-51-48-44-41-34-31-27-23-19-15-11-7-3/h9-11,13-15,21-23,25-27,32-36,38,40-41,43,45-46,48-49,51,56,60,77-79,84H,5-8,12,16-20,24,28-31,37,39,42,44,47,50,52-55,57-59,61-76H2,1-4H3,(H,89,90)(H,91,92)/b13-9-,14-10-,15-11-,25-21-,26-22-,27-23-,35-32-,36-33-,40-38-,41-34-,46-43-,49-45-,51-48-,60-56-. The number of carbonyl (C=O) groups excluding carboxylic acids is 4. The molecule has 0 saturated heterocycles. The second kappa shape index (κ2) is 73.7. The smallest absolute Gasteiger partial charge is 0.462 e. The van der Waals surface area contributed by atoms with Crippen LogP contribution in [0.4, 0.5) is 0 Å². The number of ether oxygens (including phenoxy) is 4. The minimum absolute atomic E-state index is 0.0237. The summed E-state index contributed by atoms with van der Waals surface area (Å²) in [6.07, 6.45) is 86.5. The molecule has 0 aromatic rings. The van der Waals surface area contributed by atoms with Crippen molar-refractivity contribution in [3.8, 4) is 0 Å². The summed E-state index contributed by atoms with van der Waals surface area (Å²) in [7, 11) is -10.0. The molecule has 0 rings (SSSR count). The second-order valence-electron chi connectivity index (χ2n) is 24.8. The molecule has 5 unspecified atom stereocenters. The minimum Gasteiger partial charge on any atom is -0.462 e. The second-order valence-corrected chi connectivity index (χ2v) is 27.7. The molecule has 5 atom stereocenters. The van der Waals surface area contributed by atoms with Gasteiger partial charge in [-0.15, -0.1) is 0 Å². The van der Waals surface area contributed by atoms with Crippen molar-refractivity contribution in [1.82, 2.24) is 0 Å². The molecule has 17 nitrogen and oxygen atoms in total. The van der Waals surface area contributed by atoms with Crippen LogP contribution >= 0.6 is 15.6 Å². The van der Waals surface area contributed by atoms with E-state index >= 15 is 0 Å². The summed E-state index contributed by atoms with van der Waals surface area (Å²) in [6, 6.07) is 0. The molecular weight excluding hydrogens is 1330 g/mol. The zero-order valence-electron chi connectivity index (χ0n) is 63.0. The third-order valence-corrected chi connectivity index (χ3v) is 17.1. The number of esters is 4. The summed E-state index contributed by atoms with van der Waals surface area (Å²) < 4.78 is 68.3. The Kier molecular flexibility index (Phi) is 69.7. The summed E-state index contributed by atoms with van der Waals surface area (Å²) in [5.41, 5.74) is 0. The molecule has 0 aliphatic rings. The Morgan fingerprint density at radius 3 is 0.863 bits per heavy atom. The van der Waals surface area contributed by atoms with Crippen molar-refractivity contribution >= 4 is 39.5 Å². The van der Waals surface area contributed by atoms with Gasteiger partial charge in [-0.3, -0.25) is 37.3 Å². The van der Waals surface area contributed by atoms with Gasteiger partial charge in [0.15, 0.2) is 12.2 Å². The van der Waals surface area contributed by atoms with Crippen LogP contribution in [-0.4, -0.2) is 96.7 Å². The lowest BCUT2D eigenvalue weighted by Gasteiger charge is -2.21. The van der Waals surface area contributed by atoms with Gasteiger partial charge in [0.2, 0.25) is 0 Å². The fourth-order valence-electron chi connectivity index (χ4n) is 9.46. The molecule has 0 bridgehead atoms. The number of phosphoric acid groups is 2. The van der Waals surface area contributed by atoms with Crippen LogP contribution in [-0.2, 0) is 65.4 Å². The fourth-order valence-corrected chi connectivity index (χ4v) is 11.0. The van der Waals surface area contributed by atoms with Gasteiger partial charge < -0.3 is 33.8 Å². The SMILES string of the molecule is CC/C=C\C/C=C\C/C=C\C/C=C\C/C=C\C/C=C\CCC(=O)OCC(COP(=O)(O)OCC(O)COP(=O)(O)OCC(COC(=O)CCCC/C=C\C/C=C\C/C=C\C/C=C\CC)OC(=O)CCCCCCCCCCCCC)OC(=O)CCCCCC/C=C\C/C=C\C/C=C\C/C=C\CC. The van der Waals surface area contributed by atoms with Crippen molar-refractivity contribution in [2.75, 3.05) is 39.6 Å². The summed E-state index contributed by atoms with van der Waals surface area (Å²) in [5, 5.41) is 10.6. The van der Waals surface area contributed by atoms with Crippen LogP contribution in [0.2, 0.25) is 0 Å². The molecule has 3 N–H and O–H groups in total. The molecular formula is C83H134O17P2. The minimum atomic E-state index is -5.01. The van der Waals surface area contributed by atoms with Crippen LogP contribution in [0.5, 0.6) is 0 Å². The summed E-state index contributed by atoms with van der Waals surface area (Å²) in [6.45, 7) is 4.33. The molecule has 0 aromatic heterocycles. The Bertz CT molecular complexity index is 2600. The van der Waals surface area contributed by atoms with Crippen LogP contribution in [0.1, 0.15) is 272 Å². The number of unbranched alkanes of at least 4 members (excludes halogenated alkanes) is 16. The van der Waals surface area contributed by atoms with Gasteiger partial charge in [0.25, 0.3) is 0 Å². The van der Waals surface area contributed by atoms with Crippen LogP contribution in [0, 0.1) is 0 Å². The van der Waals surface area contributed by atoms with E-state index < -0.39 is 97.5 Å². The van der Waals surface area contributed by atoms with Gasteiger partial charge >= 0.3 is 39.5 Å². The van der Waals surface area contributed by atoms with Crippen molar-refractivity contribution in [2.45, 2.75) is 290 Å². The van der Waals surface area contributed by atoms with E-state index in [1.807, 2.05) is 18.2 Å². The molecule has 0 aliphatic heterocycles.